The molecular weight excluding hydrogens is 250 g/mol. The van der Waals surface area contributed by atoms with Gasteiger partial charge in [0, 0.05) is 5.02 Å². The van der Waals surface area contributed by atoms with Crippen molar-refractivity contribution in [1.29, 1.82) is 0 Å². The fourth-order valence-electron chi connectivity index (χ4n) is 1.49. The van der Waals surface area contributed by atoms with E-state index in [1.165, 1.54) is 12.8 Å². The molecular formula is C14H20ClNO2. The first kappa shape index (κ1) is 15.0. The van der Waals surface area contributed by atoms with Gasteiger partial charge in [0.25, 0.3) is 0 Å². The Morgan fingerprint density at radius 3 is 2.83 bits per heavy atom. The van der Waals surface area contributed by atoms with Crippen LogP contribution in [0.2, 0.25) is 5.02 Å². The molecule has 0 saturated carbocycles. The maximum Gasteiger partial charge on any atom is 0.338 e. The molecule has 1 aromatic carbocycles. The molecule has 0 aliphatic rings. The maximum absolute atomic E-state index is 11.6. The lowest BCUT2D eigenvalue weighted by Gasteiger charge is -2.06. The number of ether oxygens (including phenoxy) is 1. The lowest BCUT2D eigenvalue weighted by Crippen LogP contribution is -2.18. The topological polar surface area (TPSA) is 38.3 Å². The highest BCUT2D eigenvalue weighted by atomic mass is 35.5. The molecule has 0 heterocycles. The van der Waals surface area contributed by atoms with E-state index in [-0.39, 0.29) is 5.97 Å². The van der Waals surface area contributed by atoms with Crippen LogP contribution in [0.3, 0.4) is 0 Å². The van der Waals surface area contributed by atoms with E-state index < -0.39 is 0 Å². The van der Waals surface area contributed by atoms with Gasteiger partial charge in [0.05, 0.1) is 12.2 Å². The van der Waals surface area contributed by atoms with E-state index >= 15 is 0 Å². The summed E-state index contributed by atoms with van der Waals surface area (Å²) in [6.45, 7) is 4.50. The zero-order valence-electron chi connectivity index (χ0n) is 10.7. The van der Waals surface area contributed by atoms with Crippen LogP contribution >= 0.6 is 11.6 Å². The zero-order chi connectivity index (χ0) is 13.2. The fourth-order valence-corrected chi connectivity index (χ4v) is 1.68. The van der Waals surface area contributed by atoms with E-state index in [2.05, 4.69) is 12.2 Å². The summed E-state index contributed by atoms with van der Waals surface area (Å²) in [6.07, 6.45) is 3.20. The van der Waals surface area contributed by atoms with Gasteiger partial charge in [-0.15, -0.1) is 0 Å². The third-order valence-electron chi connectivity index (χ3n) is 2.50. The Morgan fingerprint density at radius 2 is 2.11 bits per heavy atom. The van der Waals surface area contributed by atoms with Gasteiger partial charge < -0.3 is 10.1 Å². The highest BCUT2D eigenvalue weighted by molar-refractivity contribution is 6.30. The number of nitrogens with one attached hydrogen (secondary N) is 1. The first-order valence-electron chi connectivity index (χ1n) is 6.37. The second kappa shape index (κ2) is 8.95. The zero-order valence-corrected chi connectivity index (χ0v) is 11.5. The van der Waals surface area contributed by atoms with Gasteiger partial charge in [-0.2, -0.15) is 0 Å². The number of carbonyl (C=O) groups excluding carboxylic acids is 1. The Kier molecular flexibility index (Phi) is 7.46. The van der Waals surface area contributed by atoms with Gasteiger partial charge in [-0.3, -0.25) is 0 Å². The van der Waals surface area contributed by atoms with Gasteiger partial charge in [-0.05, 0) is 44.1 Å². The van der Waals surface area contributed by atoms with Crippen molar-refractivity contribution in [2.24, 2.45) is 0 Å². The molecule has 1 rings (SSSR count). The second-order valence-electron chi connectivity index (χ2n) is 4.10. The summed E-state index contributed by atoms with van der Waals surface area (Å²) in [5.41, 5.74) is 0.501. The van der Waals surface area contributed by atoms with E-state index in [1.54, 1.807) is 24.3 Å². The summed E-state index contributed by atoms with van der Waals surface area (Å²) in [5.74, 6) is -0.314. The van der Waals surface area contributed by atoms with Crippen LogP contribution in [-0.2, 0) is 4.74 Å². The number of esters is 1. The van der Waals surface area contributed by atoms with Crippen molar-refractivity contribution in [2.45, 2.75) is 26.2 Å². The van der Waals surface area contributed by atoms with Crippen LogP contribution in [0, 0.1) is 0 Å². The summed E-state index contributed by atoms with van der Waals surface area (Å²) in [5, 5.41) is 3.84. The van der Waals surface area contributed by atoms with Crippen molar-refractivity contribution in [3.8, 4) is 0 Å². The molecule has 4 heteroatoms. The molecule has 0 amide bonds. The van der Waals surface area contributed by atoms with Crippen LogP contribution in [0.1, 0.15) is 36.5 Å². The lowest BCUT2D eigenvalue weighted by atomic mass is 10.2. The number of rotatable bonds is 8. The monoisotopic (exact) mass is 269 g/mol. The number of halogens is 1. The second-order valence-corrected chi connectivity index (χ2v) is 4.54. The van der Waals surface area contributed by atoms with Crippen molar-refractivity contribution in [1.82, 2.24) is 5.32 Å². The molecule has 0 radical (unpaired) electrons. The molecule has 1 N–H and O–H groups in total. The van der Waals surface area contributed by atoms with Crippen molar-refractivity contribution >= 4 is 17.6 Å². The standard InChI is InChI=1S/C14H20ClNO2/c1-2-3-8-16-9-5-10-18-14(17)12-6-4-7-13(15)11-12/h4,6-7,11,16H,2-3,5,8-10H2,1H3. The van der Waals surface area contributed by atoms with Crippen LogP contribution in [0.4, 0.5) is 0 Å². The maximum atomic E-state index is 11.6. The van der Waals surface area contributed by atoms with Crippen molar-refractivity contribution in [3.63, 3.8) is 0 Å². The van der Waals surface area contributed by atoms with Gasteiger partial charge in [0.1, 0.15) is 0 Å². The van der Waals surface area contributed by atoms with Crippen LogP contribution in [0.15, 0.2) is 24.3 Å². The number of unbranched alkanes of at least 4 members (excludes halogenated alkanes) is 1. The lowest BCUT2D eigenvalue weighted by molar-refractivity contribution is 0.0501. The molecule has 1 aromatic rings. The third kappa shape index (κ3) is 6.03. The van der Waals surface area contributed by atoms with Gasteiger partial charge >= 0.3 is 5.97 Å². The Balaban J connectivity index is 2.14. The third-order valence-corrected chi connectivity index (χ3v) is 2.73. The van der Waals surface area contributed by atoms with E-state index in [0.29, 0.717) is 17.2 Å². The SMILES string of the molecule is CCCCNCCCOC(=O)c1cccc(Cl)c1. The van der Waals surface area contributed by atoms with Crippen LogP contribution in [-0.4, -0.2) is 25.7 Å². The summed E-state index contributed by atoms with van der Waals surface area (Å²) in [4.78, 5) is 11.6. The smallest absolute Gasteiger partial charge is 0.338 e. The summed E-state index contributed by atoms with van der Waals surface area (Å²) in [6, 6.07) is 6.79. The largest absolute Gasteiger partial charge is 0.462 e. The highest BCUT2D eigenvalue weighted by Gasteiger charge is 2.06. The molecule has 0 saturated heterocycles. The highest BCUT2D eigenvalue weighted by Crippen LogP contribution is 2.11. The summed E-state index contributed by atoms with van der Waals surface area (Å²) < 4.78 is 5.15. The Labute approximate surface area is 113 Å². The molecule has 100 valence electrons. The minimum Gasteiger partial charge on any atom is -0.462 e. The number of hydrogen-bond donors (Lipinski definition) is 1. The minimum atomic E-state index is -0.314. The average Bonchev–Trinajstić information content (AvgIpc) is 2.37. The molecule has 0 spiro atoms. The normalized spacial score (nSPS) is 10.3. The Hall–Kier alpha value is -1.06. The summed E-state index contributed by atoms with van der Waals surface area (Å²) in [7, 11) is 0. The van der Waals surface area contributed by atoms with Crippen LogP contribution in [0.5, 0.6) is 0 Å². The molecule has 0 aromatic heterocycles. The number of hydrogen-bond acceptors (Lipinski definition) is 3. The van der Waals surface area contributed by atoms with E-state index in [9.17, 15) is 4.79 Å². The quantitative estimate of drug-likeness (QED) is 0.581. The van der Waals surface area contributed by atoms with Gasteiger partial charge in [-0.1, -0.05) is 31.0 Å². The molecule has 0 fully saturated rings. The van der Waals surface area contributed by atoms with Gasteiger partial charge in [0.15, 0.2) is 0 Å². The minimum absolute atomic E-state index is 0.314. The Bertz CT molecular complexity index is 369. The molecule has 3 nitrogen and oxygen atoms in total. The number of benzene rings is 1. The Morgan fingerprint density at radius 1 is 1.33 bits per heavy atom. The van der Waals surface area contributed by atoms with Gasteiger partial charge in [0.2, 0.25) is 0 Å². The predicted octanol–water partition coefficient (Wildman–Crippen LogP) is 3.28. The van der Waals surface area contributed by atoms with Gasteiger partial charge in [-0.25, -0.2) is 4.79 Å². The molecule has 18 heavy (non-hydrogen) atoms. The molecule has 0 aliphatic carbocycles. The molecule has 0 bridgehead atoms. The fraction of sp³-hybridized carbons (Fsp3) is 0.500. The molecule has 0 unspecified atom stereocenters. The number of carbonyl (C=O) groups is 1. The predicted molar refractivity (Wildman–Crippen MR) is 74.1 cm³/mol. The van der Waals surface area contributed by atoms with Crippen LogP contribution < -0.4 is 5.32 Å². The van der Waals surface area contributed by atoms with E-state index in [0.717, 1.165) is 19.5 Å². The van der Waals surface area contributed by atoms with Crippen LogP contribution in [0.25, 0.3) is 0 Å². The van der Waals surface area contributed by atoms with Crippen molar-refractivity contribution in [2.75, 3.05) is 19.7 Å². The van der Waals surface area contributed by atoms with Crippen molar-refractivity contribution < 1.29 is 9.53 Å². The first-order valence-corrected chi connectivity index (χ1v) is 6.75. The average molecular weight is 270 g/mol. The van der Waals surface area contributed by atoms with Crippen molar-refractivity contribution in [3.05, 3.63) is 34.9 Å². The first-order chi connectivity index (χ1) is 8.74. The molecule has 0 atom stereocenters. The summed E-state index contributed by atoms with van der Waals surface area (Å²) >= 11 is 5.80. The molecule has 0 aliphatic heterocycles. The van der Waals surface area contributed by atoms with E-state index in [1.807, 2.05) is 0 Å². The van der Waals surface area contributed by atoms with E-state index in [4.69, 9.17) is 16.3 Å².